The molecule has 1 aliphatic rings. The maximum Gasteiger partial charge on any atom is 0.338 e. The average Bonchev–Trinajstić information content (AvgIpc) is 3.70. The van der Waals surface area contributed by atoms with Crippen molar-refractivity contribution >= 4 is 53.5 Å². The first-order valence-electron chi connectivity index (χ1n) is 21.6. The lowest BCUT2D eigenvalue weighted by atomic mass is 9.98. The fourth-order valence-electron chi connectivity index (χ4n) is 7.01. The van der Waals surface area contributed by atoms with E-state index < -0.39 is 115 Å². The van der Waals surface area contributed by atoms with Crippen molar-refractivity contribution in [2.24, 2.45) is 11.8 Å². The molecule has 20 heteroatoms. The van der Waals surface area contributed by atoms with E-state index in [2.05, 4.69) is 21.4 Å². The first kappa shape index (κ1) is 52.8. The van der Waals surface area contributed by atoms with Gasteiger partial charge in [0.15, 0.2) is 6.10 Å². The molecule has 1 aliphatic heterocycles. The molecule has 0 radical (unpaired) electrons. The Morgan fingerprint density at radius 3 is 1.92 bits per heavy atom. The van der Waals surface area contributed by atoms with Crippen LogP contribution in [-0.4, -0.2) is 135 Å². The van der Waals surface area contributed by atoms with Crippen molar-refractivity contribution in [1.29, 1.82) is 0 Å². The highest BCUT2D eigenvalue weighted by atomic mass is 16.6. The first-order chi connectivity index (χ1) is 30.7. The molecule has 20 nitrogen and oxygen atoms in total. The Labute approximate surface area is 378 Å². The molecule has 6 N–H and O–H groups in total. The van der Waals surface area contributed by atoms with Gasteiger partial charge in [0.05, 0.1) is 25.6 Å². The number of nitrogens with one attached hydrogen (secondary N) is 4. The molecule has 1 saturated heterocycles. The minimum absolute atomic E-state index is 0.0518. The number of hydrogen-bond donors (Lipinski definition) is 6. The van der Waals surface area contributed by atoms with Crippen LogP contribution in [0.25, 0.3) is 0 Å². The highest BCUT2D eigenvalue weighted by Gasteiger charge is 2.45. The number of carboxylic acid groups (broad SMARTS) is 2. The largest absolute Gasteiger partial charge is 0.481 e. The van der Waals surface area contributed by atoms with E-state index in [4.69, 9.17) is 9.47 Å². The van der Waals surface area contributed by atoms with Crippen molar-refractivity contribution in [1.82, 2.24) is 36.2 Å². The molecule has 2 aromatic rings. The lowest BCUT2D eigenvalue weighted by Crippen LogP contribution is -2.59. The molecule has 7 amide bonds. The van der Waals surface area contributed by atoms with E-state index in [0.717, 1.165) is 18.1 Å². The highest BCUT2D eigenvalue weighted by Crippen LogP contribution is 2.25. The summed E-state index contributed by atoms with van der Waals surface area (Å²) in [5.41, 5.74) is 4.46. The van der Waals surface area contributed by atoms with Crippen LogP contribution >= 0.6 is 0 Å². The van der Waals surface area contributed by atoms with Gasteiger partial charge in [-0.1, -0.05) is 95.3 Å². The number of carboxylic acids is 2. The summed E-state index contributed by atoms with van der Waals surface area (Å²) >= 11 is 0. The first-order valence-corrected chi connectivity index (χ1v) is 21.6. The van der Waals surface area contributed by atoms with Gasteiger partial charge in [0.1, 0.15) is 24.2 Å². The number of hydrogen-bond acceptors (Lipinski definition) is 11. The molecule has 0 saturated carbocycles. The molecule has 0 aliphatic carbocycles. The van der Waals surface area contributed by atoms with E-state index >= 15 is 0 Å². The zero-order valence-corrected chi connectivity index (χ0v) is 38.0. The van der Waals surface area contributed by atoms with Gasteiger partial charge in [-0.05, 0) is 29.9 Å². The van der Waals surface area contributed by atoms with Gasteiger partial charge < -0.3 is 45.4 Å². The minimum Gasteiger partial charge on any atom is -0.481 e. The van der Waals surface area contributed by atoms with Crippen LogP contribution in [-0.2, 0) is 61.0 Å². The molecule has 0 bridgehead atoms. The fraction of sp³-hybridized carbons (Fsp3) is 0.533. The number of nitrogens with zero attached hydrogens (tertiary/aromatic N) is 3. The molecule has 356 valence electrons. The van der Waals surface area contributed by atoms with Gasteiger partial charge in [-0.25, -0.2) is 14.6 Å². The summed E-state index contributed by atoms with van der Waals surface area (Å²) in [6, 6.07) is 12.1. The Hall–Kier alpha value is -6.57. The van der Waals surface area contributed by atoms with Crippen LogP contribution in [0.3, 0.4) is 0 Å². The van der Waals surface area contributed by atoms with Crippen LogP contribution in [0.2, 0.25) is 0 Å². The minimum atomic E-state index is -1.92. The number of carbonyl (C=O) groups excluding carboxylic acids is 7. The third-order valence-corrected chi connectivity index (χ3v) is 10.6. The maximum absolute atomic E-state index is 14.7. The van der Waals surface area contributed by atoms with E-state index in [-0.39, 0.29) is 39.1 Å². The smallest absolute Gasteiger partial charge is 0.338 e. The molecule has 0 aromatic heterocycles. The summed E-state index contributed by atoms with van der Waals surface area (Å²) in [6.07, 6.45) is -3.36. The van der Waals surface area contributed by atoms with Gasteiger partial charge in [0.2, 0.25) is 17.7 Å². The van der Waals surface area contributed by atoms with Crippen LogP contribution in [0.15, 0.2) is 60.7 Å². The summed E-state index contributed by atoms with van der Waals surface area (Å²) in [7, 11) is 1.61. The van der Waals surface area contributed by atoms with E-state index in [9.17, 15) is 53.4 Å². The second kappa shape index (κ2) is 25.7. The highest BCUT2D eigenvalue weighted by molar-refractivity contribution is 5.96. The van der Waals surface area contributed by atoms with Crippen molar-refractivity contribution in [3.63, 3.8) is 0 Å². The summed E-state index contributed by atoms with van der Waals surface area (Å²) in [6.45, 7) is 10.0. The summed E-state index contributed by atoms with van der Waals surface area (Å²) in [5, 5.41) is 26.9. The third kappa shape index (κ3) is 16.5. The summed E-state index contributed by atoms with van der Waals surface area (Å²) < 4.78 is 11.8. The molecule has 1 heterocycles. The molecular weight excluding hydrogens is 847 g/mol. The maximum atomic E-state index is 14.7. The third-order valence-electron chi connectivity index (χ3n) is 10.6. The van der Waals surface area contributed by atoms with Crippen molar-refractivity contribution in [2.75, 3.05) is 20.1 Å². The number of hydrazine groups is 1. The molecule has 3 rings (SSSR count). The molecular formula is C45H63N7O13. The molecule has 1 fully saturated rings. The molecule has 2 aromatic carbocycles. The van der Waals surface area contributed by atoms with Gasteiger partial charge in [-0.2, -0.15) is 0 Å². The normalized spacial score (nSPS) is 16.8. The predicted octanol–water partition coefficient (Wildman–Crippen LogP) is 2.21. The van der Waals surface area contributed by atoms with Crippen molar-refractivity contribution < 1.29 is 62.8 Å². The van der Waals surface area contributed by atoms with E-state index in [1.165, 1.54) is 14.8 Å². The number of carbonyl (C=O) groups is 9. The molecule has 65 heavy (non-hydrogen) atoms. The number of likely N-dealkylation sites (tertiary alicyclic amines) is 1. The number of amides is 7. The predicted molar refractivity (Wildman–Crippen MR) is 234 cm³/mol. The van der Waals surface area contributed by atoms with Crippen LogP contribution in [0.4, 0.5) is 4.79 Å². The number of aliphatic carboxylic acids is 2. The lowest BCUT2D eigenvalue weighted by Gasteiger charge is -2.33. The van der Waals surface area contributed by atoms with Crippen LogP contribution in [0.5, 0.6) is 0 Å². The Morgan fingerprint density at radius 2 is 1.38 bits per heavy atom. The zero-order valence-electron chi connectivity index (χ0n) is 38.0. The van der Waals surface area contributed by atoms with Gasteiger partial charge in [0.25, 0.3) is 11.8 Å². The Morgan fingerprint density at radius 1 is 0.800 bits per heavy atom. The number of ether oxygens (including phenoxy) is 2. The average molecular weight is 910 g/mol. The number of rotatable bonds is 23. The Balaban J connectivity index is 1.89. The summed E-state index contributed by atoms with van der Waals surface area (Å²) in [4.78, 5) is 121. The quantitative estimate of drug-likeness (QED) is 0.0691. The second-order valence-corrected chi connectivity index (χ2v) is 16.4. The van der Waals surface area contributed by atoms with Crippen molar-refractivity contribution in [2.45, 2.75) is 123 Å². The number of urea groups is 1. The fourth-order valence-corrected chi connectivity index (χ4v) is 7.01. The molecule has 7 atom stereocenters. The van der Waals surface area contributed by atoms with Gasteiger partial charge in [-0.15, -0.1) is 0 Å². The number of benzene rings is 2. The standard InChI is InChI=1S/C45H63N7O13/c1-8-20-52(45(63)50(7)24-30-16-12-10-13-17-30)49-41(59)35-21-32(64-26-31-18-14-11-15-19-31)25-51(35)43(61)38(27(3)4)48-42(60)39(28(5)9-2)65-44(62)34(23-37(56)57)47-40(58)33(22-36(54)55)46-29(6)53/h10-19,27-28,32-35,38-39H,8-9,20-26H2,1-7H3,(H,46,53)(H,47,58)(H,48,60)(H,49,59)(H,54,55)(H,56,57)/t28-,32-,33+,34-,35-,38+,39+/m1/s1. The Kier molecular flexibility index (Phi) is 20.8. The zero-order chi connectivity index (χ0) is 48.4. The van der Waals surface area contributed by atoms with Crippen LogP contribution in [0, 0.1) is 11.8 Å². The molecule has 0 spiro atoms. The second-order valence-electron chi connectivity index (χ2n) is 16.4. The topological polar surface area (TPSA) is 270 Å². The SMILES string of the molecule is CCCN(NC(=O)[C@H]1C[C@@H](OCc2ccccc2)CN1C(=O)[C@@H](NC(=O)[C@@H](OC(=O)[C@@H](CC(=O)O)NC(=O)[C@H](CC(=O)O)NC(C)=O)[C@H](C)CC)C(C)C)C(=O)N(C)Cc1ccccc1. The van der Waals surface area contributed by atoms with E-state index in [0.29, 0.717) is 6.42 Å². The van der Waals surface area contributed by atoms with Crippen LogP contribution < -0.4 is 21.4 Å². The van der Waals surface area contributed by atoms with E-state index in [1.807, 2.05) is 67.6 Å². The Bertz CT molecular complexity index is 1950. The van der Waals surface area contributed by atoms with Crippen molar-refractivity contribution in [3.05, 3.63) is 71.8 Å². The number of esters is 1. The monoisotopic (exact) mass is 909 g/mol. The van der Waals surface area contributed by atoms with Crippen LogP contribution in [0.1, 0.15) is 84.8 Å². The summed E-state index contributed by atoms with van der Waals surface area (Å²) in [5.74, 6) is -9.88. The molecule has 0 unspecified atom stereocenters. The van der Waals surface area contributed by atoms with Gasteiger partial charge >= 0.3 is 23.9 Å². The van der Waals surface area contributed by atoms with E-state index in [1.54, 1.807) is 34.7 Å². The van der Waals surface area contributed by atoms with Gasteiger partial charge in [0, 0.05) is 45.9 Å². The lowest BCUT2D eigenvalue weighted by molar-refractivity contribution is -0.164. The van der Waals surface area contributed by atoms with Crippen molar-refractivity contribution in [3.8, 4) is 0 Å². The van der Waals surface area contributed by atoms with Gasteiger partial charge in [-0.3, -0.25) is 39.0 Å².